The van der Waals surface area contributed by atoms with E-state index in [2.05, 4.69) is 19.2 Å². The lowest BCUT2D eigenvalue weighted by atomic mass is 10.0. The van der Waals surface area contributed by atoms with Crippen molar-refractivity contribution >= 4 is 11.6 Å². The summed E-state index contributed by atoms with van der Waals surface area (Å²) < 4.78 is 0. The van der Waals surface area contributed by atoms with Crippen LogP contribution in [0.15, 0.2) is 48.5 Å². The Morgan fingerprint density at radius 2 is 1.65 bits per heavy atom. The largest absolute Gasteiger partial charge is 0.392 e. The van der Waals surface area contributed by atoms with Crippen LogP contribution in [0.1, 0.15) is 41.3 Å². The van der Waals surface area contributed by atoms with Gasteiger partial charge in [-0.2, -0.15) is 0 Å². The molecule has 0 unspecified atom stereocenters. The lowest BCUT2D eigenvalue weighted by Crippen LogP contribution is -2.11. The van der Waals surface area contributed by atoms with E-state index in [0.717, 1.165) is 11.3 Å². The van der Waals surface area contributed by atoms with Gasteiger partial charge in [-0.3, -0.25) is 4.79 Å². The number of aliphatic hydroxyl groups excluding tert-OH is 1. The molecule has 0 saturated heterocycles. The number of hydrogen-bond donors (Lipinski definition) is 2. The first-order chi connectivity index (χ1) is 9.60. The Morgan fingerprint density at radius 1 is 1.05 bits per heavy atom. The molecule has 0 spiro atoms. The van der Waals surface area contributed by atoms with Crippen molar-refractivity contribution in [1.29, 1.82) is 0 Å². The Morgan fingerprint density at radius 3 is 2.15 bits per heavy atom. The second-order valence-corrected chi connectivity index (χ2v) is 5.09. The van der Waals surface area contributed by atoms with Gasteiger partial charge >= 0.3 is 0 Å². The number of carbonyl (C=O) groups is 1. The van der Waals surface area contributed by atoms with Crippen molar-refractivity contribution in [3.8, 4) is 0 Å². The van der Waals surface area contributed by atoms with E-state index in [1.165, 1.54) is 5.56 Å². The first-order valence-corrected chi connectivity index (χ1v) is 6.71. The Balaban J connectivity index is 2.07. The van der Waals surface area contributed by atoms with Gasteiger partial charge in [0.1, 0.15) is 0 Å². The first kappa shape index (κ1) is 14.3. The van der Waals surface area contributed by atoms with Gasteiger partial charge < -0.3 is 10.4 Å². The van der Waals surface area contributed by atoms with Crippen LogP contribution in [0, 0.1) is 0 Å². The summed E-state index contributed by atoms with van der Waals surface area (Å²) in [4.78, 5) is 12.1. The third-order valence-electron chi connectivity index (χ3n) is 3.23. The maximum Gasteiger partial charge on any atom is 0.255 e. The molecule has 2 N–H and O–H groups in total. The summed E-state index contributed by atoms with van der Waals surface area (Å²) in [5.41, 5.74) is 3.40. The quantitative estimate of drug-likeness (QED) is 0.891. The monoisotopic (exact) mass is 269 g/mol. The third-order valence-corrected chi connectivity index (χ3v) is 3.23. The highest BCUT2D eigenvalue weighted by Gasteiger charge is 2.07. The van der Waals surface area contributed by atoms with Crippen LogP contribution in [0.4, 0.5) is 5.69 Å². The molecule has 2 rings (SSSR count). The van der Waals surface area contributed by atoms with Gasteiger partial charge in [-0.15, -0.1) is 0 Å². The zero-order valence-corrected chi connectivity index (χ0v) is 11.8. The lowest BCUT2D eigenvalue weighted by Gasteiger charge is -2.08. The molecule has 0 aromatic heterocycles. The van der Waals surface area contributed by atoms with Crippen LogP contribution in [-0.2, 0) is 6.61 Å². The lowest BCUT2D eigenvalue weighted by molar-refractivity contribution is 0.102. The molecule has 0 atom stereocenters. The average Bonchev–Trinajstić information content (AvgIpc) is 2.48. The van der Waals surface area contributed by atoms with Crippen molar-refractivity contribution in [2.45, 2.75) is 26.4 Å². The molecule has 0 bridgehead atoms. The second-order valence-electron chi connectivity index (χ2n) is 5.09. The van der Waals surface area contributed by atoms with E-state index in [9.17, 15) is 4.79 Å². The highest BCUT2D eigenvalue weighted by molar-refractivity contribution is 6.04. The summed E-state index contributed by atoms with van der Waals surface area (Å²) in [5, 5.41) is 11.8. The molecule has 3 heteroatoms. The van der Waals surface area contributed by atoms with Crippen molar-refractivity contribution < 1.29 is 9.90 Å². The van der Waals surface area contributed by atoms with Crippen molar-refractivity contribution in [3.63, 3.8) is 0 Å². The van der Waals surface area contributed by atoms with Crippen molar-refractivity contribution in [3.05, 3.63) is 65.2 Å². The van der Waals surface area contributed by atoms with E-state index in [4.69, 9.17) is 5.11 Å². The Labute approximate surface area is 119 Å². The summed E-state index contributed by atoms with van der Waals surface area (Å²) in [5.74, 6) is 0.329. The molecule has 0 fully saturated rings. The van der Waals surface area contributed by atoms with Crippen LogP contribution in [-0.4, -0.2) is 11.0 Å². The summed E-state index contributed by atoms with van der Waals surface area (Å²) in [6, 6.07) is 14.8. The summed E-state index contributed by atoms with van der Waals surface area (Å²) >= 11 is 0. The predicted molar refractivity (Wildman–Crippen MR) is 80.8 cm³/mol. The topological polar surface area (TPSA) is 49.3 Å². The van der Waals surface area contributed by atoms with Crippen LogP contribution in [0.5, 0.6) is 0 Å². The molecule has 20 heavy (non-hydrogen) atoms. The molecular weight excluding hydrogens is 250 g/mol. The molecule has 0 aliphatic heterocycles. The Hall–Kier alpha value is -2.13. The summed E-state index contributed by atoms with van der Waals surface area (Å²) in [6.45, 7) is 4.25. The van der Waals surface area contributed by atoms with Gasteiger partial charge in [0.05, 0.1) is 6.61 Å². The molecule has 0 aliphatic carbocycles. The molecule has 104 valence electrons. The van der Waals surface area contributed by atoms with E-state index in [-0.39, 0.29) is 12.5 Å². The van der Waals surface area contributed by atoms with Crippen LogP contribution >= 0.6 is 0 Å². The first-order valence-electron chi connectivity index (χ1n) is 6.71. The number of benzene rings is 2. The van der Waals surface area contributed by atoms with E-state index in [1.807, 2.05) is 24.3 Å². The molecular formula is C17H19NO2. The number of anilines is 1. The summed E-state index contributed by atoms with van der Waals surface area (Å²) in [6.07, 6.45) is 0. The number of hydrogen-bond acceptors (Lipinski definition) is 2. The number of rotatable bonds is 4. The SMILES string of the molecule is CC(C)c1ccc(C(=O)Nc2ccc(CO)cc2)cc1. The number of amides is 1. The minimum atomic E-state index is -0.128. The van der Waals surface area contributed by atoms with Gasteiger partial charge in [-0.25, -0.2) is 0 Å². The maximum absolute atomic E-state index is 12.1. The zero-order chi connectivity index (χ0) is 14.5. The molecule has 0 aliphatic rings. The fourth-order valence-corrected chi connectivity index (χ4v) is 1.92. The van der Waals surface area contributed by atoms with Gasteiger partial charge in [-0.05, 0) is 41.3 Å². The summed E-state index contributed by atoms with van der Waals surface area (Å²) in [7, 11) is 0. The molecule has 0 saturated carbocycles. The average molecular weight is 269 g/mol. The van der Waals surface area contributed by atoms with E-state index in [0.29, 0.717) is 11.5 Å². The third kappa shape index (κ3) is 3.45. The van der Waals surface area contributed by atoms with E-state index >= 15 is 0 Å². The standard InChI is InChI=1S/C17H19NO2/c1-12(2)14-5-7-15(8-6-14)17(20)18-16-9-3-13(11-19)4-10-16/h3-10,12,19H,11H2,1-2H3,(H,18,20). The number of nitrogens with one attached hydrogen (secondary N) is 1. The minimum absolute atomic E-state index is 0.00485. The van der Waals surface area contributed by atoms with Crippen molar-refractivity contribution in [1.82, 2.24) is 0 Å². The molecule has 0 heterocycles. The minimum Gasteiger partial charge on any atom is -0.392 e. The van der Waals surface area contributed by atoms with E-state index < -0.39 is 0 Å². The van der Waals surface area contributed by atoms with Crippen molar-refractivity contribution in [2.24, 2.45) is 0 Å². The van der Waals surface area contributed by atoms with Gasteiger partial charge in [0, 0.05) is 11.3 Å². The highest BCUT2D eigenvalue weighted by Crippen LogP contribution is 2.16. The Bertz CT molecular complexity index is 571. The van der Waals surface area contributed by atoms with Gasteiger partial charge in [-0.1, -0.05) is 38.1 Å². The van der Waals surface area contributed by atoms with Crippen LogP contribution in [0.2, 0.25) is 0 Å². The van der Waals surface area contributed by atoms with Crippen molar-refractivity contribution in [2.75, 3.05) is 5.32 Å². The molecule has 2 aromatic carbocycles. The second kappa shape index (κ2) is 6.35. The van der Waals surface area contributed by atoms with Gasteiger partial charge in [0.2, 0.25) is 0 Å². The molecule has 0 radical (unpaired) electrons. The zero-order valence-electron chi connectivity index (χ0n) is 11.8. The number of aliphatic hydroxyl groups is 1. The van der Waals surface area contributed by atoms with Gasteiger partial charge in [0.25, 0.3) is 5.91 Å². The smallest absolute Gasteiger partial charge is 0.255 e. The van der Waals surface area contributed by atoms with Crippen LogP contribution in [0.25, 0.3) is 0 Å². The maximum atomic E-state index is 12.1. The normalized spacial score (nSPS) is 10.6. The molecule has 2 aromatic rings. The molecule has 1 amide bonds. The van der Waals surface area contributed by atoms with Crippen LogP contribution < -0.4 is 5.32 Å². The fraction of sp³-hybridized carbons (Fsp3) is 0.235. The highest BCUT2D eigenvalue weighted by atomic mass is 16.3. The Kier molecular flexibility index (Phi) is 4.53. The van der Waals surface area contributed by atoms with E-state index in [1.54, 1.807) is 24.3 Å². The number of carbonyl (C=O) groups excluding carboxylic acids is 1. The molecule has 3 nitrogen and oxygen atoms in total. The fourth-order valence-electron chi connectivity index (χ4n) is 1.92. The van der Waals surface area contributed by atoms with Gasteiger partial charge in [0.15, 0.2) is 0 Å². The predicted octanol–water partition coefficient (Wildman–Crippen LogP) is 3.55. The van der Waals surface area contributed by atoms with Crippen LogP contribution in [0.3, 0.4) is 0 Å².